The summed E-state index contributed by atoms with van der Waals surface area (Å²) in [5, 5.41) is 20.9. The van der Waals surface area contributed by atoms with Gasteiger partial charge in [-0.25, -0.2) is 4.79 Å². The monoisotopic (exact) mass is 359 g/mol. The third-order valence-electron chi connectivity index (χ3n) is 3.90. The summed E-state index contributed by atoms with van der Waals surface area (Å²) >= 11 is 0. The van der Waals surface area contributed by atoms with E-state index in [-0.39, 0.29) is 25.7 Å². The van der Waals surface area contributed by atoms with Gasteiger partial charge >= 0.3 is 6.09 Å². The zero-order valence-corrected chi connectivity index (χ0v) is 14.8. The Morgan fingerprint density at radius 1 is 1.08 bits per heavy atom. The smallest absolute Gasteiger partial charge is 0.412 e. The molecular formula is C20H25NO5. The highest BCUT2D eigenvalue weighted by Crippen LogP contribution is 2.31. The zero-order valence-electron chi connectivity index (χ0n) is 14.8. The number of aliphatic hydroxyl groups is 2. The topological polar surface area (TPSA) is 88.0 Å². The molecule has 0 aliphatic rings. The van der Waals surface area contributed by atoms with Gasteiger partial charge in [-0.15, -0.1) is 0 Å². The number of amides is 1. The van der Waals surface area contributed by atoms with E-state index in [2.05, 4.69) is 5.32 Å². The molecule has 0 bridgehead atoms. The largest absolute Gasteiger partial charge is 0.491 e. The molecule has 6 heteroatoms. The molecule has 3 N–H and O–H groups in total. The molecule has 0 spiro atoms. The molecular weight excluding hydrogens is 334 g/mol. The van der Waals surface area contributed by atoms with E-state index in [9.17, 15) is 9.90 Å². The van der Waals surface area contributed by atoms with Crippen molar-refractivity contribution in [3.8, 4) is 5.75 Å². The Morgan fingerprint density at radius 3 is 2.54 bits per heavy atom. The van der Waals surface area contributed by atoms with Gasteiger partial charge in [0.1, 0.15) is 18.5 Å². The maximum Gasteiger partial charge on any atom is 0.412 e. The van der Waals surface area contributed by atoms with Crippen LogP contribution < -0.4 is 10.1 Å². The van der Waals surface area contributed by atoms with Crippen molar-refractivity contribution >= 4 is 11.8 Å². The molecule has 6 nitrogen and oxygen atoms in total. The van der Waals surface area contributed by atoms with Crippen LogP contribution in [0.15, 0.2) is 54.6 Å². The molecule has 0 aliphatic carbocycles. The molecule has 140 valence electrons. The van der Waals surface area contributed by atoms with E-state index in [1.807, 2.05) is 31.2 Å². The number of anilines is 1. The van der Waals surface area contributed by atoms with Crippen molar-refractivity contribution in [2.75, 3.05) is 25.1 Å². The van der Waals surface area contributed by atoms with Crippen LogP contribution >= 0.6 is 0 Å². The van der Waals surface area contributed by atoms with Gasteiger partial charge in [-0.3, -0.25) is 5.32 Å². The van der Waals surface area contributed by atoms with Crippen molar-refractivity contribution in [1.82, 2.24) is 0 Å². The molecule has 0 fully saturated rings. The maximum atomic E-state index is 12.3. The van der Waals surface area contributed by atoms with Crippen LogP contribution in [0.25, 0.3) is 0 Å². The van der Waals surface area contributed by atoms with Crippen LogP contribution in [0.4, 0.5) is 10.5 Å². The number of benzene rings is 2. The zero-order chi connectivity index (χ0) is 18.8. The van der Waals surface area contributed by atoms with Crippen molar-refractivity contribution in [1.29, 1.82) is 0 Å². The first-order chi connectivity index (χ1) is 12.6. The Labute approximate surface area is 153 Å². The van der Waals surface area contributed by atoms with Crippen LogP contribution in [0, 0.1) is 5.92 Å². The molecule has 0 saturated carbocycles. The molecule has 0 saturated heterocycles. The number of hydrogen-bond acceptors (Lipinski definition) is 5. The first-order valence-corrected chi connectivity index (χ1v) is 8.61. The van der Waals surface area contributed by atoms with Gasteiger partial charge in [0.15, 0.2) is 0 Å². The first kappa shape index (κ1) is 19.8. The van der Waals surface area contributed by atoms with E-state index in [0.717, 1.165) is 5.56 Å². The Hall–Kier alpha value is -2.57. The summed E-state index contributed by atoms with van der Waals surface area (Å²) in [5.41, 5.74) is 1.41. The third kappa shape index (κ3) is 6.06. The standard InChI is InChI=1S/C20H25NO5/c1-15(10-11-22)19(16-6-5-9-18(14-16)25-13-12-23)26-20(24)21-17-7-3-2-4-8-17/h2-9,14-15,19,22-23H,10-13H2,1H3,(H,21,24)/t15-,19-/m1/s1. The van der Waals surface area contributed by atoms with Crippen molar-refractivity contribution in [3.63, 3.8) is 0 Å². The van der Waals surface area contributed by atoms with Crippen LogP contribution in [0.5, 0.6) is 5.75 Å². The molecule has 26 heavy (non-hydrogen) atoms. The number of carbonyl (C=O) groups is 1. The lowest BCUT2D eigenvalue weighted by molar-refractivity contribution is 0.0665. The number of carbonyl (C=O) groups excluding carboxylic acids is 1. The summed E-state index contributed by atoms with van der Waals surface area (Å²) in [6.45, 7) is 2.03. The number of ether oxygens (including phenoxy) is 2. The predicted octanol–water partition coefficient (Wildman–Crippen LogP) is 3.37. The Bertz CT molecular complexity index is 677. The van der Waals surface area contributed by atoms with Gasteiger partial charge in [0.05, 0.1) is 6.61 Å². The highest BCUT2D eigenvalue weighted by Gasteiger charge is 2.24. The molecule has 0 radical (unpaired) electrons. The predicted molar refractivity (Wildman–Crippen MR) is 99.2 cm³/mol. The lowest BCUT2D eigenvalue weighted by Crippen LogP contribution is -2.22. The van der Waals surface area contributed by atoms with Crippen LogP contribution in [0.3, 0.4) is 0 Å². The Morgan fingerprint density at radius 2 is 1.85 bits per heavy atom. The van der Waals surface area contributed by atoms with Gasteiger partial charge < -0.3 is 19.7 Å². The lowest BCUT2D eigenvalue weighted by atomic mass is 9.94. The molecule has 2 rings (SSSR count). The third-order valence-corrected chi connectivity index (χ3v) is 3.90. The summed E-state index contributed by atoms with van der Waals surface area (Å²) in [5.74, 6) is 0.499. The molecule has 0 unspecified atom stereocenters. The molecule has 2 aromatic carbocycles. The van der Waals surface area contributed by atoms with Gasteiger partial charge in [0.2, 0.25) is 0 Å². The van der Waals surface area contributed by atoms with E-state index >= 15 is 0 Å². The van der Waals surface area contributed by atoms with Crippen molar-refractivity contribution < 1.29 is 24.5 Å². The second kappa shape index (κ2) is 10.4. The quantitative estimate of drug-likeness (QED) is 0.639. The number of para-hydroxylation sites is 1. The second-order valence-electron chi connectivity index (χ2n) is 5.95. The fourth-order valence-electron chi connectivity index (χ4n) is 2.60. The normalized spacial score (nSPS) is 12.9. The number of aliphatic hydroxyl groups excluding tert-OH is 2. The van der Waals surface area contributed by atoms with E-state index in [1.165, 1.54) is 0 Å². The summed E-state index contributed by atoms with van der Waals surface area (Å²) in [6, 6.07) is 16.3. The van der Waals surface area contributed by atoms with Gasteiger partial charge in [-0.2, -0.15) is 0 Å². The second-order valence-corrected chi connectivity index (χ2v) is 5.95. The highest BCUT2D eigenvalue weighted by molar-refractivity contribution is 5.84. The van der Waals surface area contributed by atoms with E-state index in [0.29, 0.717) is 17.9 Å². The lowest BCUT2D eigenvalue weighted by Gasteiger charge is -2.24. The summed E-state index contributed by atoms with van der Waals surface area (Å²) in [7, 11) is 0. The fraction of sp³-hybridized carbons (Fsp3) is 0.350. The summed E-state index contributed by atoms with van der Waals surface area (Å²) in [6.07, 6.45) is -0.610. The average molecular weight is 359 g/mol. The van der Waals surface area contributed by atoms with Crippen LogP contribution in [-0.4, -0.2) is 36.1 Å². The number of rotatable bonds is 9. The van der Waals surface area contributed by atoms with E-state index in [1.54, 1.807) is 30.3 Å². The molecule has 0 heterocycles. The van der Waals surface area contributed by atoms with E-state index < -0.39 is 12.2 Å². The van der Waals surface area contributed by atoms with Gasteiger partial charge in [-0.1, -0.05) is 37.3 Å². The highest BCUT2D eigenvalue weighted by atomic mass is 16.6. The van der Waals surface area contributed by atoms with Crippen molar-refractivity contribution in [2.24, 2.45) is 5.92 Å². The molecule has 2 atom stereocenters. The number of hydrogen-bond donors (Lipinski definition) is 3. The van der Waals surface area contributed by atoms with Crippen LogP contribution in [0.1, 0.15) is 25.0 Å². The van der Waals surface area contributed by atoms with Crippen molar-refractivity contribution in [2.45, 2.75) is 19.4 Å². The molecule has 0 aromatic heterocycles. The minimum absolute atomic E-state index is 0.00202. The van der Waals surface area contributed by atoms with Gasteiger partial charge in [-0.05, 0) is 42.2 Å². The molecule has 0 aliphatic heterocycles. The van der Waals surface area contributed by atoms with Crippen LogP contribution in [-0.2, 0) is 4.74 Å². The average Bonchev–Trinajstić information content (AvgIpc) is 2.65. The summed E-state index contributed by atoms with van der Waals surface area (Å²) in [4.78, 5) is 12.3. The SMILES string of the molecule is C[C@H](CCO)[C@@H](OC(=O)Nc1ccccc1)c1cccc(OCCO)c1. The minimum atomic E-state index is -0.562. The maximum absolute atomic E-state index is 12.3. The Balaban J connectivity index is 2.14. The minimum Gasteiger partial charge on any atom is -0.491 e. The van der Waals surface area contributed by atoms with E-state index in [4.69, 9.17) is 14.6 Å². The van der Waals surface area contributed by atoms with Crippen LogP contribution in [0.2, 0.25) is 0 Å². The Kier molecular flexibility index (Phi) is 7.92. The summed E-state index contributed by atoms with van der Waals surface area (Å²) < 4.78 is 11.1. The van der Waals surface area contributed by atoms with Gasteiger partial charge in [0.25, 0.3) is 0 Å². The molecule has 1 amide bonds. The van der Waals surface area contributed by atoms with Gasteiger partial charge in [0, 0.05) is 12.3 Å². The first-order valence-electron chi connectivity index (χ1n) is 8.61. The number of nitrogens with one attached hydrogen (secondary N) is 1. The van der Waals surface area contributed by atoms with Crippen molar-refractivity contribution in [3.05, 3.63) is 60.2 Å². The molecule has 2 aromatic rings. The fourth-order valence-corrected chi connectivity index (χ4v) is 2.60.